The second-order valence-electron chi connectivity index (χ2n) is 5.05. The smallest absolute Gasteiger partial charge is 0.0610 e. The quantitative estimate of drug-likeness (QED) is 0.806. The van der Waals surface area contributed by atoms with E-state index in [2.05, 4.69) is 43.0 Å². The molecule has 1 atom stereocenters. The van der Waals surface area contributed by atoms with Crippen LogP contribution in [0.3, 0.4) is 0 Å². The molecular weight excluding hydrogens is 200 g/mol. The van der Waals surface area contributed by atoms with Gasteiger partial charge in [0.1, 0.15) is 0 Å². The number of hydrogen-bond acceptors (Lipinski definition) is 3. The van der Waals surface area contributed by atoms with Crippen LogP contribution in [-0.2, 0) is 6.54 Å². The van der Waals surface area contributed by atoms with Gasteiger partial charge in [0.2, 0.25) is 0 Å². The predicted molar refractivity (Wildman–Crippen MR) is 64.9 cm³/mol. The maximum atomic E-state index is 9.46. The number of rotatable bonds is 3. The zero-order valence-electron chi connectivity index (χ0n) is 9.98. The molecule has 1 aromatic rings. The van der Waals surface area contributed by atoms with Gasteiger partial charge in [-0.05, 0) is 25.0 Å². The largest absolute Gasteiger partial charge is 0.394 e. The Kier molecular flexibility index (Phi) is 3.02. The summed E-state index contributed by atoms with van der Waals surface area (Å²) in [5.41, 5.74) is 8.29. The van der Waals surface area contributed by atoms with Crippen molar-refractivity contribution in [2.24, 2.45) is 5.73 Å². The van der Waals surface area contributed by atoms with Crippen LogP contribution in [0.15, 0.2) is 24.3 Å². The van der Waals surface area contributed by atoms with E-state index in [4.69, 9.17) is 5.73 Å². The summed E-state index contributed by atoms with van der Waals surface area (Å²) in [6.07, 6.45) is 0. The van der Waals surface area contributed by atoms with Gasteiger partial charge in [-0.25, -0.2) is 0 Å². The molecule has 0 radical (unpaired) electrons. The Bertz CT molecular complexity index is 376. The van der Waals surface area contributed by atoms with E-state index in [0.29, 0.717) is 6.54 Å². The highest BCUT2D eigenvalue weighted by atomic mass is 16.3. The molecule has 0 aliphatic carbocycles. The van der Waals surface area contributed by atoms with Crippen LogP contribution in [0, 0.1) is 0 Å². The monoisotopic (exact) mass is 220 g/mol. The van der Waals surface area contributed by atoms with Crippen molar-refractivity contribution in [3.05, 3.63) is 35.4 Å². The highest BCUT2D eigenvalue weighted by molar-refractivity contribution is 5.35. The summed E-state index contributed by atoms with van der Waals surface area (Å²) < 4.78 is 0. The number of fused-ring (bicyclic) bond motifs is 1. The minimum absolute atomic E-state index is 0.150. The number of nitrogens with two attached hydrogens (primary N) is 1. The van der Waals surface area contributed by atoms with Crippen molar-refractivity contribution in [3.63, 3.8) is 0 Å². The van der Waals surface area contributed by atoms with Gasteiger partial charge in [0.25, 0.3) is 0 Å². The Balaban J connectivity index is 2.34. The second kappa shape index (κ2) is 4.17. The van der Waals surface area contributed by atoms with Gasteiger partial charge in [-0.15, -0.1) is 0 Å². The molecule has 3 N–H and O–H groups in total. The number of aliphatic hydroxyl groups excluding tert-OH is 1. The molecule has 0 aromatic heterocycles. The normalized spacial score (nSPS) is 21.1. The van der Waals surface area contributed by atoms with E-state index >= 15 is 0 Å². The maximum Gasteiger partial charge on any atom is 0.0610 e. The van der Waals surface area contributed by atoms with Crippen LogP contribution in [0.1, 0.15) is 31.0 Å². The molecule has 16 heavy (non-hydrogen) atoms. The summed E-state index contributed by atoms with van der Waals surface area (Å²) in [5, 5.41) is 9.46. The molecule has 0 spiro atoms. The summed E-state index contributed by atoms with van der Waals surface area (Å²) in [7, 11) is 0. The van der Waals surface area contributed by atoms with Gasteiger partial charge in [0, 0.05) is 24.7 Å². The van der Waals surface area contributed by atoms with Crippen LogP contribution in [0.5, 0.6) is 0 Å². The van der Waals surface area contributed by atoms with Gasteiger partial charge in [-0.1, -0.05) is 24.3 Å². The molecule has 0 saturated heterocycles. The first-order valence-electron chi connectivity index (χ1n) is 5.75. The molecule has 3 heteroatoms. The molecule has 1 heterocycles. The SMILES string of the molecule is CC(C)(CO)N1Cc2ccccc2C1CN. The van der Waals surface area contributed by atoms with Crippen LogP contribution in [-0.4, -0.2) is 28.7 Å². The first-order chi connectivity index (χ1) is 7.60. The van der Waals surface area contributed by atoms with Gasteiger partial charge >= 0.3 is 0 Å². The zero-order valence-corrected chi connectivity index (χ0v) is 9.98. The van der Waals surface area contributed by atoms with Crippen molar-refractivity contribution >= 4 is 0 Å². The van der Waals surface area contributed by atoms with E-state index < -0.39 is 0 Å². The molecule has 1 aromatic carbocycles. The number of benzene rings is 1. The summed E-state index contributed by atoms with van der Waals surface area (Å²) >= 11 is 0. The highest BCUT2D eigenvalue weighted by Gasteiger charge is 2.37. The summed E-state index contributed by atoms with van der Waals surface area (Å²) in [4.78, 5) is 2.29. The average Bonchev–Trinajstić information content (AvgIpc) is 2.68. The van der Waals surface area contributed by atoms with Crippen LogP contribution in [0.25, 0.3) is 0 Å². The Hall–Kier alpha value is -0.900. The van der Waals surface area contributed by atoms with Gasteiger partial charge in [-0.3, -0.25) is 4.90 Å². The van der Waals surface area contributed by atoms with E-state index in [1.54, 1.807) is 0 Å². The minimum atomic E-state index is -0.219. The molecule has 88 valence electrons. The lowest BCUT2D eigenvalue weighted by Gasteiger charge is -2.38. The molecule has 2 rings (SSSR count). The fraction of sp³-hybridized carbons (Fsp3) is 0.538. The Morgan fingerprint density at radius 1 is 1.44 bits per heavy atom. The first kappa shape index (κ1) is 11.6. The Labute approximate surface area is 96.9 Å². The van der Waals surface area contributed by atoms with Crippen LogP contribution < -0.4 is 5.73 Å². The molecule has 1 aliphatic rings. The fourth-order valence-corrected chi connectivity index (χ4v) is 2.45. The van der Waals surface area contributed by atoms with Crippen molar-refractivity contribution in [2.45, 2.75) is 32.0 Å². The lowest BCUT2D eigenvalue weighted by atomic mass is 10.0. The maximum absolute atomic E-state index is 9.46. The number of hydrogen-bond donors (Lipinski definition) is 2. The number of aliphatic hydroxyl groups is 1. The Morgan fingerprint density at radius 2 is 2.12 bits per heavy atom. The van der Waals surface area contributed by atoms with E-state index in [1.165, 1.54) is 11.1 Å². The minimum Gasteiger partial charge on any atom is -0.394 e. The van der Waals surface area contributed by atoms with Crippen molar-refractivity contribution < 1.29 is 5.11 Å². The van der Waals surface area contributed by atoms with Crippen molar-refractivity contribution in [3.8, 4) is 0 Å². The van der Waals surface area contributed by atoms with Gasteiger partial charge in [0.05, 0.1) is 6.61 Å². The molecule has 0 amide bonds. The van der Waals surface area contributed by atoms with Crippen molar-refractivity contribution in [1.82, 2.24) is 4.90 Å². The molecular formula is C13H20N2O. The van der Waals surface area contributed by atoms with Crippen LogP contribution in [0.4, 0.5) is 0 Å². The van der Waals surface area contributed by atoms with Crippen molar-refractivity contribution in [2.75, 3.05) is 13.2 Å². The topological polar surface area (TPSA) is 49.5 Å². The molecule has 0 bridgehead atoms. The van der Waals surface area contributed by atoms with Gasteiger partial charge < -0.3 is 10.8 Å². The van der Waals surface area contributed by atoms with Crippen LogP contribution in [0.2, 0.25) is 0 Å². The summed E-state index contributed by atoms with van der Waals surface area (Å²) in [6.45, 7) is 5.74. The van der Waals surface area contributed by atoms with E-state index in [0.717, 1.165) is 6.54 Å². The second-order valence-corrected chi connectivity index (χ2v) is 5.05. The standard InChI is InChI=1S/C13H20N2O/c1-13(2,9-16)15-8-10-5-3-4-6-11(10)12(15)7-14/h3-6,12,16H,7-9,14H2,1-2H3. The fourth-order valence-electron chi connectivity index (χ4n) is 2.45. The molecule has 1 aliphatic heterocycles. The van der Waals surface area contributed by atoms with E-state index in [9.17, 15) is 5.11 Å². The average molecular weight is 220 g/mol. The molecule has 0 fully saturated rings. The molecule has 1 unspecified atom stereocenters. The van der Waals surface area contributed by atoms with Crippen LogP contribution >= 0.6 is 0 Å². The zero-order chi connectivity index (χ0) is 11.8. The molecule has 3 nitrogen and oxygen atoms in total. The van der Waals surface area contributed by atoms with Gasteiger partial charge in [0.15, 0.2) is 0 Å². The third kappa shape index (κ3) is 1.75. The van der Waals surface area contributed by atoms with Crippen molar-refractivity contribution in [1.29, 1.82) is 0 Å². The molecule has 0 saturated carbocycles. The van der Waals surface area contributed by atoms with Gasteiger partial charge in [-0.2, -0.15) is 0 Å². The highest BCUT2D eigenvalue weighted by Crippen LogP contribution is 2.37. The summed E-state index contributed by atoms with van der Waals surface area (Å²) in [6, 6.07) is 8.63. The predicted octanol–water partition coefficient (Wildman–Crippen LogP) is 1.27. The third-order valence-corrected chi connectivity index (χ3v) is 3.52. The summed E-state index contributed by atoms with van der Waals surface area (Å²) in [5.74, 6) is 0. The third-order valence-electron chi connectivity index (χ3n) is 3.52. The van der Waals surface area contributed by atoms with E-state index in [-0.39, 0.29) is 18.2 Å². The first-order valence-corrected chi connectivity index (χ1v) is 5.75. The van der Waals surface area contributed by atoms with E-state index in [1.807, 2.05) is 0 Å². The number of nitrogens with zero attached hydrogens (tertiary/aromatic N) is 1. The lowest BCUT2D eigenvalue weighted by Crippen LogP contribution is -2.47. The Morgan fingerprint density at radius 3 is 2.75 bits per heavy atom. The lowest BCUT2D eigenvalue weighted by molar-refractivity contribution is 0.0293.